The third-order valence-corrected chi connectivity index (χ3v) is 3.77. The molecule has 0 radical (unpaired) electrons. The Hall–Kier alpha value is -2.44. The first-order chi connectivity index (χ1) is 11.2. The van der Waals surface area contributed by atoms with Gasteiger partial charge >= 0.3 is 0 Å². The van der Waals surface area contributed by atoms with Gasteiger partial charge in [-0.25, -0.2) is 0 Å². The lowest BCUT2D eigenvalue weighted by Gasteiger charge is -2.10. The van der Waals surface area contributed by atoms with E-state index in [-0.39, 0.29) is 17.5 Å². The first-order valence-electron chi connectivity index (χ1n) is 7.09. The van der Waals surface area contributed by atoms with E-state index in [2.05, 4.69) is 10.6 Å². The van der Waals surface area contributed by atoms with Gasteiger partial charge in [-0.3, -0.25) is 9.59 Å². The molecule has 23 heavy (non-hydrogen) atoms. The molecular formula is C17H18N2O3S. The molecule has 0 bridgehead atoms. The molecule has 2 rings (SSSR count). The van der Waals surface area contributed by atoms with Crippen molar-refractivity contribution < 1.29 is 14.3 Å². The molecule has 1 heterocycles. The highest BCUT2D eigenvalue weighted by atomic mass is 32.1. The summed E-state index contributed by atoms with van der Waals surface area (Å²) in [7, 11) is 1.56. The summed E-state index contributed by atoms with van der Waals surface area (Å²) in [5.41, 5.74) is 0.701. The minimum Gasteiger partial charge on any atom is -0.383 e. The van der Waals surface area contributed by atoms with Gasteiger partial charge in [-0.1, -0.05) is 24.3 Å². The molecule has 5 nitrogen and oxygen atoms in total. The van der Waals surface area contributed by atoms with Gasteiger partial charge in [-0.05, 0) is 29.7 Å². The summed E-state index contributed by atoms with van der Waals surface area (Å²) in [5, 5.41) is 7.29. The van der Waals surface area contributed by atoms with E-state index in [1.807, 2.05) is 23.6 Å². The Labute approximate surface area is 139 Å². The first kappa shape index (κ1) is 16.9. The number of thiophene rings is 1. The molecule has 0 aliphatic carbocycles. The van der Waals surface area contributed by atoms with Crippen LogP contribution in [0.25, 0.3) is 6.08 Å². The Bertz CT molecular complexity index is 666. The predicted molar refractivity (Wildman–Crippen MR) is 91.1 cm³/mol. The van der Waals surface area contributed by atoms with Crippen molar-refractivity contribution in [2.75, 3.05) is 20.3 Å². The van der Waals surface area contributed by atoms with E-state index in [0.717, 1.165) is 4.88 Å². The molecule has 1 aromatic carbocycles. The molecule has 0 spiro atoms. The summed E-state index contributed by atoms with van der Waals surface area (Å²) >= 11 is 1.49. The smallest absolute Gasteiger partial charge is 0.267 e. The van der Waals surface area contributed by atoms with E-state index < -0.39 is 0 Å². The van der Waals surface area contributed by atoms with Gasteiger partial charge in [-0.15, -0.1) is 11.3 Å². The molecule has 0 aliphatic rings. The standard InChI is InChI=1S/C17H18N2O3S/c1-22-10-9-18-17(21)15(12-14-8-5-11-23-14)19-16(20)13-6-3-2-4-7-13/h2-8,11-12H,9-10H2,1H3,(H,18,21)(H,19,20). The van der Waals surface area contributed by atoms with Gasteiger partial charge in [-0.2, -0.15) is 0 Å². The van der Waals surface area contributed by atoms with Crippen LogP contribution < -0.4 is 10.6 Å². The highest BCUT2D eigenvalue weighted by Crippen LogP contribution is 2.13. The zero-order valence-electron chi connectivity index (χ0n) is 12.7. The summed E-state index contributed by atoms with van der Waals surface area (Å²) in [6, 6.07) is 12.5. The second-order valence-electron chi connectivity index (χ2n) is 4.64. The van der Waals surface area contributed by atoms with Crippen LogP contribution in [0.4, 0.5) is 0 Å². The molecule has 6 heteroatoms. The maximum absolute atomic E-state index is 12.3. The summed E-state index contributed by atoms with van der Waals surface area (Å²) in [4.78, 5) is 25.4. The number of carbonyl (C=O) groups is 2. The van der Waals surface area contributed by atoms with Crippen LogP contribution in [0.15, 0.2) is 53.5 Å². The molecular weight excluding hydrogens is 312 g/mol. The van der Waals surface area contributed by atoms with E-state index >= 15 is 0 Å². The number of methoxy groups -OCH3 is 1. The Kier molecular flexibility index (Phi) is 6.53. The molecule has 0 unspecified atom stereocenters. The van der Waals surface area contributed by atoms with Crippen molar-refractivity contribution in [3.05, 3.63) is 64.0 Å². The van der Waals surface area contributed by atoms with E-state index in [4.69, 9.17) is 4.74 Å². The Morgan fingerprint density at radius 1 is 1.17 bits per heavy atom. The Morgan fingerprint density at radius 3 is 2.61 bits per heavy atom. The molecule has 0 fully saturated rings. The minimum atomic E-state index is -0.347. The van der Waals surface area contributed by atoms with Crippen molar-refractivity contribution in [2.45, 2.75) is 0 Å². The minimum absolute atomic E-state index is 0.206. The average Bonchev–Trinajstić information content (AvgIpc) is 3.08. The molecule has 0 atom stereocenters. The molecule has 1 aromatic heterocycles. The third kappa shape index (κ3) is 5.36. The fourth-order valence-electron chi connectivity index (χ4n) is 1.82. The molecule has 0 saturated heterocycles. The third-order valence-electron chi connectivity index (χ3n) is 2.95. The number of rotatable bonds is 7. The van der Waals surface area contributed by atoms with Gasteiger partial charge < -0.3 is 15.4 Å². The largest absolute Gasteiger partial charge is 0.383 e. The Balaban J connectivity index is 2.13. The van der Waals surface area contributed by atoms with Gasteiger partial charge in [0.15, 0.2) is 0 Å². The summed E-state index contributed by atoms with van der Waals surface area (Å²) in [6.45, 7) is 0.781. The number of amides is 2. The van der Waals surface area contributed by atoms with Crippen molar-refractivity contribution >= 4 is 29.2 Å². The van der Waals surface area contributed by atoms with Crippen LogP contribution in [0.5, 0.6) is 0 Å². The van der Waals surface area contributed by atoms with Crippen molar-refractivity contribution in [3.8, 4) is 0 Å². The van der Waals surface area contributed by atoms with Crippen molar-refractivity contribution in [2.24, 2.45) is 0 Å². The summed E-state index contributed by atoms with van der Waals surface area (Å²) in [5.74, 6) is -0.671. The van der Waals surface area contributed by atoms with Crippen molar-refractivity contribution in [1.29, 1.82) is 0 Å². The van der Waals surface area contributed by atoms with Crippen LogP contribution >= 0.6 is 11.3 Å². The number of nitrogens with one attached hydrogen (secondary N) is 2. The van der Waals surface area contributed by atoms with Crippen molar-refractivity contribution in [3.63, 3.8) is 0 Å². The zero-order chi connectivity index (χ0) is 16.5. The first-order valence-corrected chi connectivity index (χ1v) is 7.97. The lowest BCUT2D eigenvalue weighted by Crippen LogP contribution is -2.36. The van der Waals surface area contributed by atoms with E-state index in [0.29, 0.717) is 18.7 Å². The van der Waals surface area contributed by atoms with Gasteiger partial charge in [0, 0.05) is 24.1 Å². The second kappa shape index (κ2) is 8.87. The highest BCUT2D eigenvalue weighted by Gasteiger charge is 2.14. The van der Waals surface area contributed by atoms with E-state index in [1.165, 1.54) is 11.3 Å². The second-order valence-corrected chi connectivity index (χ2v) is 5.62. The van der Waals surface area contributed by atoms with Crippen LogP contribution in [0.1, 0.15) is 15.2 Å². The number of hydrogen-bond acceptors (Lipinski definition) is 4. The highest BCUT2D eigenvalue weighted by molar-refractivity contribution is 7.10. The predicted octanol–water partition coefficient (Wildman–Crippen LogP) is 2.28. The summed E-state index contributed by atoms with van der Waals surface area (Å²) < 4.78 is 4.91. The van der Waals surface area contributed by atoms with E-state index in [1.54, 1.807) is 37.5 Å². The van der Waals surface area contributed by atoms with E-state index in [9.17, 15) is 9.59 Å². The maximum Gasteiger partial charge on any atom is 0.267 e. The van der Waals surface area contributed by atoms with Crippen molar-refractivity contribution in [1.82, 2.24) is 10.6 Å². The lowest BCUT2D eigenvalue weighted by molar-refractivity contribution is -0.117. The van der Waals surface area contributed by atoms with Gasteiger partial charge in [0.1, 0.15) is 5.70 Å². The molecule has 2 amide bonds. The molecule has 0 saturated carbocycles. The lowest BCUT2D eigenvalue weighted by atomic mass is 10.2. The average molecular weight is 330 g/mol. The van der Waals surface area contributed by atoms with Crippen LogP contribution in [-0.2, 0) is 9.53 Å². The maximum atomic E-state index is 12.3. The number of carbonyl (C=O) groups excluding carboxylic acids is 2. The van der Waals surface area contributed by atoms with Gasteiger partial charge in [0.05, 0.1) is 6.61 Å². The number of benzene rings is 1. The molecule has 2 N–H and O–H groups in total. The molecule has 120 valence electrons. The van der Waals surface area contributed by atoms with Crippen LogP contribution in [0.2, 0.25) is 0 Å². The Morgan fingerprint density at radius 2 is 1.96 bits per heavy atom. The van der Waals surface area contributed by atoms with Crippen LogP contribution in [0.3, 0.4) is 0 Å². The van der Waals surface area contributed by atoms with Gasteiger partial charge in [0.2, 0.25) is 0 Å². The number of hydrogen-bond donors (Lipinski definition) is 2. The number of ether oxygens (including phenoxy) is 1. The SMILES string of the molecule is COCCNC(=O)C(=Cc1cccs1)NC(=O)c1ccccc1. The topological polar surface area (TPSA) is 67.4 Å². The van der Waals surface area contributed by atoms with Crippen LogP contribution in [-0.4, -0.2) is 32.1 Å². The zero-order valence-corrected chi connectivity index (χ0v) is 13.6. The fourth-order valence-corrected chi connectivity index (χ4v) is 2.48. The molecule has 0 aliphatic heterocycles. The van der Waals surface area contributed by atoms with Crippen LogP contribution in [0, 0.1) is 0 Å². The normalized spacial score (nSPS) is 11.1. The fraction of sp³-hybridized carbons (Fsp3) is 0.176. The van der Waals surface area contributed by atoms with Gasteiger partial charge in [0.25, 0.3) is 11.8 Å². The molecule has 2 aromatic rings. The summed E-state index contributed by atoms with van der Waals surface area (Å²) in [6.07, 6.45) is 1.66. The quantitative estimate of drug-likeness (QED) is 0.604. The monoisotopic (exact) mass is 330 g/mol.